The maximum atomic E-state index is 12.6. The van der Waals surface area contributed by atoms with E-state index in [1.165, 1.54) is 9.75 Å². The molecular formula is C16H22N2OS2. The molecule has 0 bridgehead atoms. The molecule has 114 valence electrons. The number of amides is 1. The Kier molecular flexibility index (Phi) is 6.42. The number of thiophene rings is 2. The van der Waals surface area contributed by atoms with Gasteiger partial charge < -0.3 is 10.6 Å². The standard InChI is InChI=1S/C16H22N2OS2/c1-2-3-8-15(17)16(19)18(11-13-6-4-9-20-13)12-14-7-5-10-21-14/h4-7,9-10,15H,2-3,8,11-12,17H2,1H3. The SMILES string of the molecule is CCCCC(N)C(=O)N(Cc1cccs1)Cc1cccs1. The van der Waals surface area contributed by atoms with Crippen molar-refractivity contribution in [3.8, 4) is 0 Å². The van der Waals surface area contributed by atoms with Gasteiger partial charge in [-0.25, -0.2) is 0 Å². The van der Waals surface area contributed by atoms with Crippen molar-refractivity contribution in [2.45, 2.75) is 45.3 Å². The first-order valence-electron chi connectivity index (χ1n) is 7.29. The average molecular weight is 322 g/mol. The number of hydrogen-bond acceptors (Lipinski definition) is 4. The number of rotatable bonds is 8. The lowest BCUT2D eigenvalue weighted by atomic mass is 10.1. The molecule has 2 rings (SSSR count). The van der Waals surface area contributed by atoms with Gasteiger partial charge in [0.2, 0.25) is 5.91 Å². The predicted molar refractivity (Wildman–Crippen MR) is 90.4 cm³/mol. The second-order valence-electron chi connectivity index (χ2n) is 5.10. The van der Waals surface area contributed by atoms with Crippen molar-refractivity contribution in [1.82, 2.24) is 4.90 Å². The highest BCUT2D eigenvalue weighted by atomic mass is 32.1. The summed E-state index contributed by atoms with van der Waals surface area (Å²) in [5.41, 5.74) is 6.08. The first kappa shape index (κ1) is 16.2. The fourth-order valence-electron chi connectivity index (χ4n) is 2.18. The van der Waals surface area contributed by atoms with Gasteiger partial charge in [0, 0.05) is 9.75 Å². The molecule has 0 spiro atoms. The van der Waals surface area contributed by atoms with Gasteiger partial charge in [-0.15, -0.1) is 22.7 Å². The van der Waals surface area contributed by atoms with Gasteiger partial charge in [0.05, 0.1) is 19.1 Å². The number of nitrogens with zero attached hydrogens (tertiary/aromatic N) is 1. The van der Waals surface area contributed by atoms with Crippen LogP contribution in [0.3, 0.4) is 0 Å². The van der Waals surface area contributed by atoms with Gasteiger partial charge in [-0.1, -0.05) is 31.9 Å². The zero-order chi connectivity index (χ0) is 15.1. The lowest BCUT2D eigenvalue weighted by Gasteiger charge is -2.25. The van der Waals surface area contributed by atoms with E-state index in [2.05, 4.69) is 19.1 Å². The van der Waals surface area contributed by atoms with Crippen LogP contribution in [-0.4, -0.2) is 16.8 Å². The van der Waals surface area contributed by atoms with E-state index in [0.29, 0.717) is 13.1 Å². The highest BCUT2D eigenvalue weighted by Crippen LogP contribution is 2.18. The molecule has 0 fully saturated rings. The third kappa shape index (κ3) is 4.95. The van der Waals surface area contributed by atoms with Crippen LogP contribution < -0.4 is 5.73 Å². The number of carbonyl (C=O) groups excluding carboxylic acids is 1. The summed E-state index contributed by atoms with van der Waals surface area (Å²) in [6.07, 6.45) is 2.83. The Morgan fingerprint density at radius 3 is 2.19 bits per heavy atom. The normalized spacial score (nSPS) is 12.3. The minimum Gasteiger partial charge on any atom is -0.331 e. The minimum atomic E-state index is -0.384. The number of nitrogens with two attached hydrogens (primary N) is 1. The highest BCUT2D eigenvalue weighted by molar-refractivity contribution is 7.10. The minimum absolute atomic E-state index is 0.0604. The van der Waals surface area contributed by atoms with Gasteiger partial charge in [0.25, 0.3) is 0 Å². The number of unbranched alkanes of at least 4 members (excludes halogenated alkanes) is 1. The summed E-state index contributed by atoms with van der Waals surface area (Å²) in [5.74, 6) is 0.0604. The quantitative estimate of drug-likeness (QED) is 0.802. The molecule has 2 heterocycles. The Hall–Kier alpha value is -1.17. The molecule has 0 aromatic carbocycles. The third-order valence-corrected chi connectivity index (χ3v) is 5.07. The number of hydrogen-bond donors (Lipinski definition) is 1. The van der Waals surface area contributed by atoms with Crippen LogP contribution in [0.4, 0.5) is 0 Å². The van der Waals surface area contributed by atoms with Crippen molar-refractivity contribution < 1.29 is 4.79 Å². The summed E-state index contributed by atoms with van der Waals surface area (Å²) >= 11 is 3.36. The fourth-order valence-corrected chi connectivity index (χ4v) is 3.61. The second-order valence-corrected chi connectivity index (χ2v) is 7.17. The van der Waals surface area contributed by atoms with Gasteiger partial charge in [-0.05, 0) is 29.3 Å². The third-order valence-electron chi connectivity index (χ3n) is 3.35. The monoisotopic (exact) mass is 322 g/mol. The average Bonchev–Trinajstić information content (AvgIpc) is 3.16. The summed E-state index contributed by atoms with van der Waals surface area (Å²) in [5, 5.41) is 4.08. The van der Waals surface area contributed by atoms with Crippen molar-refractivity contribution in [2.24, 2.45) is 5.73 Å². The summed E-state index contributed by atoms with van der Waals surface area (Å²) in [4.78, 5) is 16.9. The first-order valence-corrected chi connectivity index (χ1v) is 9.05. The molecule has 0 aliphatic rings. The van der Waals surface area contributed by atoms with Crippen molar-refractivity contribution >= 4 is 28.6 Å². The van der Waals surface area contributed by atoms with Crippen LogP contribution in [0.25, 0.3) is 0 Å². The van der Waals surface area contributed by atoms with Gasteiger partial charge in [-0.3, -0.25) is 4.79 Å². The van der Waals surface area contributed by atoms with Gasteiger partial charge >= 0.3 is 0 Å². The molecule has 5 heteroatoms. The van der Waals surface area contributed by atoms with Crippen LogP contribution in [0, 0.1) is 0 Å². The molecular weight excluding hydrogens is 300 g/mol. The molecule has 2 aromatic rings. The van der Waals surface area contributed by atoms with E-state index < -0.39 is 0 Å². The zero-order valence-electron chi connectivity index (χ0n) is 12.3. The Morgan fingerprint density at radius 1 is 1.19 bits per heavy atom. The van der Waals surface area contributed by atoms with Crippen LogP contribution >= 0.6 is 22.7 Å². The molecule has 1 unspecified atom stereocenters. The largest absolute Gasteiger partial charge is 0.331 e. The topological polar surface area (TPSA) is 46.3 Å². The van der Waals surface area contributed by atoms with E-state index in [-0.39, 0.29) is 11.9 Å². The lowest BCUT2D eigenvalue weighted by molar-refractivity contribution is -0.134. The molecule has 0 radical (unpaired) electrons. The molecule has 0 aliphatic carbocycles. The number of carbonyl (C=O) groups is 1. The summed E-state index contributed by atoms with van der Waals surface area (Å²) in [6, 6.07) is 7.79. The smallest absolute Gasteiger partial charge is 0.240 e. The van der Waals surface area contributed by atoms with E-state index in [1.54, 1.807) is 22.7 Å². The zero-order valence-corrected chi connectivity index (χ0v) is 14.0. The first-order chi connectivity index (χ1) is 10.2. The second kappa shape index (κ2) is 8.32. The molecule has 0 saturated heterocycles. The molecule has 21 heavy (non-hydrogen) atoms. The molecule has 1 amide bonds. The van der Waals surface area contributed by atoms with E-state index in [4.69, 9.17) is 5.73 Å². The van der Waals surface area contributed by atoms with E-state index >= 15 is 0 Å². The Bertz CT molecular complexity index is 486. The highest BCUT2D eigenvalue weighted by Gasteiger charge is 2.21. The van der Waals surface area contributed by atoms with Crippen LogP contribution in [-0.2, 0) is 17.9 Å². The maximum absolute atomic E-state index is 12.6. The van der Waals surface area contributed by atoms with Crippen molar-refractivity contribution in [2.75, 3.05) is 0 Å². The fraction of sp³-hybridized carbons (Fsp3) is 0.438. The Balaban J connectivity index is 2.04. The lowest BCUT2D eigenvalue weighted by Crippen LogP contribution is -2.42. The van der Waals surface area contributed by atoms with Crippen molar-refractivity contribution in [3.05, 3.63) is 44.8 Å². The Morgan fingerprint density at radius 2 is 1.76 bits per heavy atom. The molecule has 3 nitrogen and oxygen atoms in total. The molecule has 2 aromatic heterocycles. The van der Waals surface area contributed by atoms with E-state index in [1.807, 2.05) is 27.8 Å². The molecule has 0 aliphatic heterocycles. The van der Waals surface area contributed by atoms with Gasteiger partial charge in [-0.2, -0.15) is 0 Å². The summed E-state index contributed by atoms with van der Waals surface area (Å²) in [7, 11) is 0. The molecule has 2 N–H and O–H groups in total. The van der Waals surface area contributed by atoms with Crippen LogP contribution in [0.2, 0.25) is 0 Å². The maximum Gasteiger partial charge on any atom is 0.240 e. The van der Waals surface area contributed by atoms with E-state index in [0.717, 1.165) is 19.3 Å². The van der Waals surface area contributed by atoms with Crippen LogP contribution in [0.5, 0.6) is 0 Å². The van der Waals surface area contributed by atoms with Crippen LogP contribution in [0.1, 0.15) is 35.9 Å². The van der Waals surface area contributed by atoms with Gasteiger partial charge in [0.1, 0.15) is 0 Å². The predicted octanol–water partition coefficient (Wildman–Crippen LogP) is 3.86. The van der Waals surface area contributed by atoms with E-state index in [9.17, 15) is 4.79 Å². The van der Waals surface area contributed by atoms with Crippen molar-refractivity contribution in [1.29, 1.82) is 0 Å². The summed E-state index contributed by atoms with van der Waals surface area (Å²) < 4.78 is 0. The van der Waals surface area contributed by atoms with Crippen LogP contribution in [0.15, 0.2) is 35.0 Å². The molecule has 1 atom stereocenters. The van der Waals surface area contributed by atoms with Gasteiger partial charge in [0.15, 0.2) is 0 Å². The van der Waals surface area contributed by atoms with Crippen molar-refractivity contribution in [3.63, 3.8) is 0 Å². The summed E-state index contributed by atoms with van der Waals surface area (Å²) in [6.45, 7) is 3.41. The Labute approximate surface area is 134 Å². The molecule has 0 saturated carbocycles.